The fraction of sp³-hybridized carbons (Fsp3) is 0.450. The first-order valence-electron chi connectivity index (χ1n) is 9.42. The van der Waals surface area contributed by atoms with E-state index in [2.05, 4.69) is 31.2 Å². The summed E-state index contributed by atoms with van der Waals surface area (Å²) in [5.41, 5.74) is 2.28. The van der Waals surface area contributed by atoms with Gasteiger partial charge in [0.15, 0.2) is 0 Å². The fourth-order valence-corrected chi connectivity index (χ4v) is 3.53. The molecule has 2 N–H and O–H groups in total. The minimum atomic E-state index is -0.991. The molecule has 2 aromatic rings. The van der Waals surface area contributed by atoms with Crippen molar-refractivity contribution in [2.75, 3.05) is 56.6 Å². The Labute approximate surface area is 165 Å². The number of nitrogens with zero attached hydrogens (tertiary/aromatic N) is 4. The quantitative estimate of drug-likeness (QED) is 0.748. The highest BCUT2D eigenvalue weighted by Gasteiger charge is 2.19. The number of piperazine rings is 1. The molecule has 0 bridgehead atoms. The van der Waals surface area contributed by atoms with Crippen LogP contribution in [0.3, 0.4) is 0 Å². The first-order chi connectivity index (χ1) is 13.5. The molecule has 0 saturated carbocycles. The molecule has 1 saturated heterocycles. The van der Waals surface area contributed by atoms with Gasteiger partial charge in [-0.1, -0.05) is 12.1 Å². The van der Waals surface area contributed by atoms with Crippen molar-refractivity contribution < 1.29 is 14.6 Å². The first kappa shape index (κ1) is 19.9. The van der Waals surface area contributed by atoms with Crippen molar-refractivity contribution in [3.05, 3.63) is 41.2 Å². The highest BCUT2D eigenvalue weighted by atomic mass is 16.5. The number of aromatic nitrogens is 2. The lowest BCUT2D eigenvalue weighted by atomic mass is 10.2. The van der Waals surface area contributed by atoms with Crippen molar-refractivity contribution in [1.29, 1.82) is 0 Å². The van der Waals surface area contributed by atoms with Crippen LogP contribution >= 0.6 is 0 Å². The summed E-state index contributed by atoms with van der Waals surface area (Å²) in [4.78, 5) is 24.5. The van der Waals surface area contributed by atoms with Crippen LogP contribution in [-0.4, -0.2) is 72.3 Å². The second-order valence-electron chi connectivity index (χ2n) is 6.83. The minimum absolute atomic E-state index is 0.179. The number of ether oxygens (including phenoxy) is 1. The lowest BCUT2D eigenvalue weighted by Gasteiger charge is -2.36. The van der Waals surface area contributed by atoms with Gasteiger partial charge in [0.2, 0.25) is 5.95 Å². The third-order valence-corrected chi connectivity index (χ3v) is 4.99. The van der Waals surface area contributed by atoms with Gasteiger partial charge >= 0.3 is 5.97 Å². The molecule has 1 aromatic carbocycles. The lowest BCUT2D eigenvalue weighted by Crippen LogP contribution is -2.47. The molecule has 0 aliphatic carbocycles. The molecule has 1 aromatic heterocycles. The van der Waals surface area contributed by atoms with Crippen molar-refractivity contribution in [3.63, 3.8) is 0 Å². The van der Waals surface area contributed by atoms with Crippen LogP contribution < -0.4 is 15.0 Å². The molecule has 1 aliphatic rings. The zero-order valence-corrected chi connectivity index (χ0v) is 16.6. The number of para-hydroxylation sites is 2. The molecular formula is C20H27N5O3. The van der Waals surface area contributed by atoms with Gasteiger partial charge in [-0.2, -0.15) is 0 Å². The fourth-order valence-electron chi connectivity index (χ4n) is 3.53. The van der Waals surface area contributed by atoms with Gasteiger partial charge in [-0.25, -0.2) is 14.8 Å². The SMILES string of the molecule is COc1ccccc1N1CCN(CCNc2nc(C)c(C(=O)O)c(C)n2)CC1. The number of hydrogen-bond acceptors (Lipinski definition) is 7. The van der Waals surface area contributed by atoms with Crippen LogP contribution in [0.25, 0.3) is 0 Å². The van der Waals surface area contributed by atoms with Gasteiger partial charge in [0.25, 0.3) is 0 Å². The van der Waals surface area contributed by atoms with Gasteiger partial charge in [-0.3, -0.25) is 4.90 Å². The molecule has 0 amide bonds. The minimum Gasteiger partial charge on any atom is -0.495 e. The molecule has 150 valence electrons. The average Bonchev–Trinajstić information content (AvgIpc) is 2.67. The molecular weight excluding hydrogens is 358 g/mol. The van der Waals surface area contributed by atoms with E-state index in [1.807, 2.05) is 18.2 Å². The number of anilines is 2. The van der Waals surface area contributed by atoms with E-state index in [0.717, 1.165) is 44.2 Å². The Kier molecular flexibility index (Phi) is 6.30. The summed E-state index contributed by atoms with van der Waals surface area (Å²) in [7, 11) is 1.70. The van der Waals surface area contributed by atoms with E-state index in [1.165, 1.54) is 0 Å². The number of carboxylic acids is 1. The van der Waals surface area contributed by atoms with Crippen LogP contribution in [0.4, 0.5) is 11.6 Å². The van der Waals surface area contributed by atoms with E-state index in [9.17, 15) is 9.90 Å². The number of methoxy groups -OCH3 is 1. The zero-order valence-electron chi connectivity index (χ0n) is 16.6. The Balaban J connectivity index is 1.49. The number of benzene rings is 1. The Morgan fingerprint density at radius 3 is 2.39 bits per heavy atom. The van der Waals surface area contributed by atoms with Crippen LogP contribution in [0, 0.1) is 13.8 Å². The summed E-state index contributed by atoms with van der Waals surface area (Å²) in [6.07, 6.45) is 0. The summed E-state index contributed by atoms with van der Waals surface area (Å²) in [6.45, 7) is 8.81. The van der Waals surface area contributed by atoms with Crippen molar-refractivity contribution in [2.45, 2.75) is 13.8 Å². The second-order valence-corrected chi connectivity index (χ2v) is 6.83. The lowest BCUT2D eigenvalue weighted by molar-refractivity contribution is 0.0694. The molecule has 8 heteroatoms. The number of carbonyl (C=O) groups is 1. The molecule has 8 nitrogen and oxygen atoms in total. The van der Waals surface area contributed by atoms with Gasteiger partial charge in [0.1, 0.15) is 11.3 Å². The number of nitrogens with one attached hydrogen (secondary N) is 1. The van der Waals surface area contributed by atoms with Gasteiger partial charge in [-0.05, 0) is 26.0 Å². The van der Waals surface area contributed by atoms with Crippen LogP contribution in [-0.2, 0) is 0 Å². The second kappa shape index (κ2) is 8.88. The molecule has 1 aliphatic heterocycles. The molecule has 28 heavy (non-hydrogen) atoms. The predicted molar refractivity (Wildman–Crippen MR) is 109 cm³/mol. The summed E-state index contributed by atoms with van der Waals surface area (Å²) in [5, 5.41) is 12.4. The first-order valence-corrected chi connectivity index (χ1v) is 9.42. The van der Waals surface area contributed by atoms with Crippen LogP contribution in [0.1, 0.15) is 21.7 Å². The largest absolute Gasteiger partial charge is 0.495 e. The van der Waals surface area contributed by atoms with Crippen LogP contribution in [0.5, 0.6) is 5.75 Å². The number of hydrogen-bond donors (Lipinski definition) is 2. The van der Waals surface area contributed by atoms with E-state index >= 15 is 0 Å². The van der Waals surface area contributed by atoms with Crippen molar-refractivity contribution in [2.24, 2.45) is 0 Å². The van der Waals surface area contributed by atoms with Gasteiger partial charge in [0, 0.05) is 39.3 Å². The van der Waals surface area contributed by atoms with E-state index in [4.69, 9.17) is 4.74 Å². The Bertz CT molecular complexity index is 811. The van der Waals surface area contributed by atoms with E-state index in [-0.39, 0.29) is 5.56 Å². The molecule has 2 heterocycles. The highest BCUT2D eigenvalue weighted by Crippen LogP contribution is 2.28. The molecule has 1 fully saturated rings. The van der Waals surface area contributed by atoms with E-state index in [0.29, 0.717) is 23.9 Å². The number of aryl methyl sites for hydroxylation is 2. The Morgan fingerprint density at radius 2 is 1.79 bits per heavy atom. The van der Waals surface area contributed by atoms with E-state index < -0.39 is 5.97 Å². The summed E-state index contributed by atoms with van der Waals surface area (Å²) >= 11 is 0. The Hall–Kier alpha value is -2.87. The molecule has 0 unspecified atom stereocenters. The maximum Gasteiger partial charge on any atom is 0.339 e. The smallest absolute Gasteiger partial charge is 0.339 e. The van der Waals surface area contributed by atoms with Crippen molar-refractivity contribution in [1.82, 2.24) is 14.9 Å². The highest BCUT2D eigenvalue weighted by molar-refractivity contribution is 5.90. The Morgan fingerprint density at radius 1 is 1.14 bits per heavy atom. The van der Waals surface area contributed by atoms with Gasteiger partial charge in [0.05, 0.1) is 24.2 Å². The molecule has 0 radical (unpaired) electrons. The maximum absolute atomic E-state index is 11.2. The molecule has 0 atom stereocenters. The third-order valence-electron chi connectivity index (χ3n) is 4.99. The van der Waals surface area contributed by atoms with Crippen LogP contribution in [0.15, 0.2) is 24.3 Å². The van der Waals surface area contributed by atoms with E-state index in [1.54, 1.807) is 21.0 Å². The number of rotatable bonds is 7. The standard InChI is InChI=1S/C20H27N5O3/c1-14-18(19(26)27)15(2)23-20(22-14)21-8-9-24-10-12-25(13-11-24)16-6-4-5-7-17(16)28-3/h4-7H,8-13H2,1-3H3,(H,26,27)(H,21,22,23). The normalized spacial score (nSPS) is 14.8. The summed E-state index contributed by atoms with van der Waals surface area (Å²) in [5.74, 6) is 0.396. The third kappa shape index (κ3) is 4.51. The molecule has 3 rings (SSSR count). The summed E-state index contributed by atoms with van der Waals surface area (Å²) < 4.78 is 5.47. The van der Waals surface area contributed by atoms with Gasteiger partial charge < -0.3 is 20.1 Å². The molecule has 0 spiro atoms. The average molecular weight is 385 g/mol. The topological polar surface area (TPSA) is 90.8 Å². The summed E-state index contributed by atoms with van der Waals surface area (Å²) in [6, 6.07) is 8.11. The monoisotopic (exact) mass is 385 g/mol. The zero-order chi connectivity index (χ0) is 20.1. The van der Waals surface area contributed by atoms with Crippen molar-refractivity contribution >= 4 is 17.6 Å². The predicted octanol–water partition coefficient (Wildman–Crippen LogP) is 2.03. The number of carboxylic acid groups (broad SMARTS) is 1. The van der Waals surface area contributed by atoms with Gasteiger partial charge in [-0.15, -0.1) is 0 Å². The van der Waals surface area contributed by atoms with Crippen LogP contribution in [0.2, 0.25) is 0 Å². The van der Waals surface area contributed by atoms with Crippen molar-refractivity contribution in [3.8, 4) is 5.75 Å². The number of aromatic carboxylic acids is 1. The maximum atomic E-state index is 11.2.